The molecule has 0 fully saturated rings. The van der Waals surface area contributed by atoms with Crippen molar-refractivity contribution in [2.45, 2.75) is 13.0 Å². The molecule has 0 saturated carbocycles. The van der Waals surface area contributed by atoms with Gasteiger partial charge < -0.3 is 15.4 Å². The van der Waals surface area contributed by atoms with Crippen molar-refractivity contribution in [1.82, 2.24) is 4.90 Å². The Labute approximate surface area is 96.0 Å². The Balaban J connectivity index is 2.72. The van der Waals surface area contributed by atoms with Crippen molar-refractivity contribution in [3.05, 3.63) is 29.6 Å². The van der Waals surface area contributed by atoms with Crippen LogP contribution in [0.2, 0.25) is 0 Å². The quantitative estimate of drug-likeness (QED) is 0.831. The minimum Gasteiger partial charge on any atom is -0.492 e. The van der Waals surface area contributed by atoms with E-state index in [0.29, 0.717) is 12.4 Å². The lowest BCUT2D eigenvalue weighted by Gasteiger charge is -2.15. The summed E-state index contributed by atoms with van der Waals surface area (Å²) in [5, 5.41) is 0. The van der Waals surface area contributed by atoms with Crippen molar-refractivity contribution in [2.24, 2.45) is 5.73 Å². The molecule has 0 spiro atoms. The van der Waals surface area contributed by atoms with Crippen LogP contribution in [0.25, 0.3) is 0 Å². The molecule has 90 valence electrons. The molecule has 1 atom stereocenters. The summed E-state index contributed by atoms with van der Waals surface area (Å²) < 4.78 is 18.6. The molecule has 1 aromatic carbocycles. The van der Waals surface area contributed by atoms with E-state index in [1.807, 2.05) is 25.9 Å². The van der Waals surface area contributed by atoms with E-state index in [1.165, 1.54) is 12.1 Å². The average Bonchev–Trinajstić information content (AvgIpc) is 2.16. The van der Waals surface area contributed by atoms with E-state index in [-0.39, 0.29) is 11.9 Å². The molecule has 16 heavy (non-hydrogen) atoms. The summed E-state index contributed by atoms with van der Waals surface area (Å²) in [4.78, 5) is 2.00. The predicted octanol–water partition coefficient (Wildman–Crippen LogP) is 1.79. The summed E-state index contributed by atoms with van der Waals surface area (Å²) >= 11 is 0. The molecule has 0 aliphatic heterocycles. The van der Waals surface area contributed by atoms with Gasteiger partial charge in [0.1, 0.15) is 18.2 Å². The lowest BCUT2D eigenvalue weighted by atomic mass is 10.1. The fourth-order valence-corrected chi connectivity index (χ4v) is 1.35. The summed E-state index contributed by atoms with van der Waals surface area (Å²) in [5.41, 5.74) is 6.62. The van der Waals surface area contributed by atoms with Crippen LogP contribution in [0, 0.1) is 5.82 Å². The highest BCUT2D eigenvalue weighted by Gasteiger charge is 2.09. The topological polar surface area (TPSA) is 38.5 Å². The molecule has 0 bridgehead atoms. The molecule has 0 radical (unpaired) electrons. The highest BCUT2D eigenvalue weighted by Crippen LogP contribution is 2.24. The molecule has 3 nitrogen and oxygen atoms in total. The van der Waals surface area contributed by atoms with E-state index in [9.17, 15) is 4.39 Å². The van der Waals surface area contributed by atoms with E-state index in [1.54, 1.807) is 6.07 Å². The number of benzene rings is 1. The standard InChI is InChI=1S/C12H19FN2O/c1-9(14)11-5-4-10(13)8-12(11)16-7-6-15(2)3/h4-5,8-9H,6-7,14H2,1-3H3/t9-/m0/s1. The van der Waals surface area contributed by atoms with Crippen LogP contribution in [0.4, 0.5) is 4.39 Å². The van der Waals surface area contributed by atoms with Gasteiger partial charge in [0.25, 0.3) is 0 Å². The molecule has 0 heterocycles. The van der Waals surface area contributed by atoms with Crippen molar-refractivity contribution in [1.29, 1.82) is 0 Å². The smallest absolute Gasteiger partial charge is 0.127 e. The predicted molar refractivity (Wildman–Crippen MR) is 63.1 cm³/mol. The van der Waals surface area contributed by atoms with Crippen molar-refractivity contribution in [2.75, 3.05) is 27.2 Å². The van der Waals surface area contributed by atoms with Gasteiger partial charge >= 0.3 is 0 Å². The van der Waals surface area contributed by atoms with Gasteiger partial charge in [-0.3, -0.25) is 0 Å². The zero-order valence-electron chi connectivity index (χ0n) is 10.0. The second kappa shape index (κ2) is 5.82. The van der Waals surface area contributed by atoms with Crippen molar-refractivity contribution in [3.63, 3.8) is 0 Å². The fraction of sp³-hybridized carbons (Fsp3) is 0.500. The molecule has 1 rings (SSSR count). The first kappa shape index (κ1) is 12.9. The van der Waals surface area contributed by atoms with E-state index in [0.717, 1.165) is 12.1 Å². The Morgan fingerprint density at radius 2 is 2.12 bits per heavy atom. The van der Waals surface area contributed by atoms with Crippen LogP contribution in [0.5, 0.6) is 5.75 Å². The van der Waals surface area contributed by atoms with Gasteiger partial charge in [-0.15, -0.1) is 0 Å². The van der Waals surface area contributed by atoms with Crippen molar-refractivity contribution in [3.8, 4) is 5.75 Å². The van der Waals surface area contributed by atoms with Gasteiger partial charge in [0, 0.05) is 24.2 Å². The first-order valence-corrected chi connectivity index (χ1v) is 5.33. The van der Waals surface area contributed by atoms with Crippen LogP contribution >= 0.6 is 0 Å². The van der Waals surface area contributed by atoms with Gasteiger partial charge in [0.15, 0.2) is 0 Å². The molecule has 2 N–H and O–H groups in total. The number of rotatable bonds is 5. The highest BCUT2D eigenvalue weighted by molar-refractivity contribution is 5.36. The molecule has 4 heteroatoms. The molecule has 0 unspecified atom stereocenters. The Bertz CT molecular complexity index is 340. The second-order valence-corrected chi connectivity index (χ2v) is 4.12. The SMILES string of the molecule is C[C@H](N)c1ccc(F)cc1OCCN(C)C. The second-order valence-electron chi connectivity index (χ2n) is 4.12. The highest BCUT2D eigenvalue weighted by atomic mass is 19.1. The lowest BCUT2D eigenvalue weighted by molar-refractivity contribution is 0.258. The zero-order chi connectivity index (χ0) is 12.1. The Morgan fingerprint density at radius 1 is 1.44 bits per heavy atom. The number of hydrogen-bond donors (Lipinski definition) is 1. The maximum absolute atomic E-state index is 13.1. The van der Waals surface area contributed by atoms with Gasteiger partial charge in [0.2, 0.25) is 0 Å². The van der Waals surface area contributed by atoms with Crippen molar-refractivity contribution >= 4 is 0 Å². The summed E-state index contributed by atoms with van der Waals surface area (Å²) in [6, 6.07) is 4.30. The summed E-state index contributed by atoms with van der Waals surface area (Å²) in [6.45, 7) is 3.16. The maximum atomic E-state index is 13.1. The lowest BCUT2D eigenvalue weighted by Crippen LogP contribution is -2.20. The van der Waals surface area contributed by atoms with E-state index in [2.05, 4.69) is 0 Å². The van der Waals surface area contributed by atoms with Crippen LogP contribution < -0.4 is 10.5 Å². The van der Waals surface area contributed by atoms with E-state index >= 15 is 0 Å². The van der Waals surface area contributed by atoms with Gasteiger partial charge in [0.05, 0.1) is 0 Å². The van der Waals surface area contributed by atoms with Crippen LogP contribution in [0.3, 0.4) is 0 Å². The summed E-state index contributed by atoms with van der Waals surface area (Å²) in [7, 11) is 3.92. The monoisotopic (exact) mass is 226 g/mol. The van der Waals surface area contributed by atoms with Gasteiger partial charge in [-0.2, -0.15) is 0 Å². The van der Waals surface area contributed by atoms with Crippen LogP contribution in [-0.4, -0.2) is 32.1 Å². The Kier molecular flexibility index (Phi) is 4.71. The molecule has 0 aromatic heterocycles. The number of ether oxygens (including phenoxy) is 1. The first-order chi connectivity index (χ1) is 7.50. The number of nitrogens with two attached hydrogens (primary N) is 1. The van der Waals surface area contributed by atoms with Gasteiger partial charge in [-0.25, -0.2) is 4.39 Å². The van der Waals surface area contributed by atoms with Crippen LogP contribution in [0.1, 0.15) is 18.5 Å². The third-order valence-corrected chi connectivity index (χ3v) is 2.26. The molecular weight excluding hydrogens is 207 g/mol. The molecule has 0 aliphatic rings. The molecule has 0 saturated heterocycles. The fourth-order valence-electron chi connectivity index (χ4n) is 1.35. The maximum Gasteiger partial charge on any atom is 0.127 e. The van der Waals surface area contributed by atoms with E-state index in [4.69, 9.17) is 10.5 Å². The zero-order valence-corrected chi connectivity index (χ0v) is 10.0. The number of hydrogen-bond acceptors (Lipinski definition) is 3. The minimum atomic E-state index is -0.302. The molecular formula is C12H19FN2O. The van der Waals surface area contributed by atoms with Crippen molar-refractivity contribution < 1.29 is 9.13 Å². The van der Waals surface area contributed by atoms with Gasteiger partial charge in [-0.1, -0.05) is 6.07 Å². The van der Waals surface area contributed by atoms with E-state index < -0.39 is 0 Å². The third kappa shape index (κ3) is 3.79. The largest absolute Gasteiger partial charge is 0.492 e. The number of halogens is 1. The summed E-state index contributed by atoms with van der Waals surface area (Å²) in [5.74, 6) is 0.237. The van der Waals surface area contributed by atoms with Gasteiger partial charge in [-0.05, 0) is 27.1 Å². The Morgan fingerprint density at radius 3 is 2.69 bits per heavy atom. The third-order valence-electron chi connectivity index (χ3n) is 2.26. The summed E-state index contributed by atoms with van der Waals surface area (Å²) in [6.07, 6.45) is 0. The first-order valence-electron chi connectivity index (χ1n) is 5.33. The molecule has 0 amide bonds. The number of likely N-dealkylation sites (N-methyl/N-ethyl adjacent to an activating group) is 1. The molecule has 0 aliphatic carbocycles. The van der Waals surface area contributed by atoms with Crippen LogP contribution in [-0.2, 0) is 0 Å². The molecule has 1 aromatic rings. The van der Waals surface area contributed by atoms with Crippen LogP contribution in [0.15, 0.2) is 18.2 Å². The number of nitrogens with zero attached hydrogens (tertiary/aromatic N) is 1. The normalized spacial score (nSPS) is 12.9. The Hall–Kier alpha value is -1.13. The average molecular weight is 226 g/mol. The minimum absolute atomic E-state index is 0.157.